The van der Waals surface area contributed by atoms with E-state index in [-0.39, 0.29) is 0 Å². The molecule has 0 aliphatic carbocycles. The van der Waals surface area contributed by atoms with E-state index in [1.54, 1.807) is 11.3 Å². The fourth-order valence-electron chi connectivity index (χ4n) is 2.46. The van der Waals surface area contributed by atoms with E-state index in [0.29, 0.717) is 11.3 Å². The minimum Gasteiger partial charge on any atom is -0.309 e. The molecule has 19 heavy (non-hydrogen) atoms. The van der Waals surface area contributed by atoms with Gasteiger partial charge in [0.05, 0.1) is 0 Å². The van der Waals surface area contributed by atoms with E-state index in [2.05, 4.69) is 69.4 Å². The highest BCUT2D eigenvalue weighted by Crippen LogP contribution is 2.42. The minimum atomic E-state index is 0.489. The quantitative estimate of drug-likeness (QED) is 0.730. The van der Waals surface area contributed by atoms with Crippen LogP contribution in [0.1, 0.15) is 38.3 Å². The van der Waals surface area contributed by atoms with Crippen LogP contribution < -0.4 is 5.32 Å². The Morgan fingerprint density at radius 2 is 2.11 bits per heavy atom. The van der Waals surface area contributed by atoms with E-state index >= 15 is 0 Å². The predicted octanol–water partition coefficient (Wildman–Crippen LogP) is 5.18. The molecule has 5 heteroatoms. The number of hydrogen-bond acceptors (Lipinski definition) is 4. The monoisotopic (exact) mass is 379 g/mol. The molecular formula is C14H22BrNS3. The van der Waals surface area contributed by atoms with Crippen LogP contribution in [0.5, 0.6) is 0 Å². The van der Waals surface area contributed by atoms with Gasteiger partial charge in [0.15, 0.2) is 0 Å². The van der Waals surface area contributed by atoms with Gasteiger partial charge in [-0.15, -0.1) is 0 Å². The van der Waals surface area contributed by atoms with Gasteiger partial charge in [-0.1, -0.05) is 13.8 Å². The van der Waals surface area contributed by atoms with Gasteiger partial charge in [0, 0.05) is 37.9 Å². The first kappa shape index (κ1) is 16.2. The molecule has 1 fully saturated rings. The Hall–Kier alpha value is 0.840. The number of thiophene rings is 1. The highest BCUT2D eigenvalue weighted by Gasteiger charge is 2.33. The lowest BCUT2D eigenvalue weighted by atomic mass is 10.0. The Kier molecular flexibility index (Phi) is 7.10. The van der Waals surface area contributed by atoms with Crippen LogP contribution in [-0.4, -0.2) is 28.6 Å². The van der Waals surface area contributed by atoms with Gasteiger partial charge < -0.3 is 5.32 Å². The molecule has 1 aromatic heterocycles. The summed E-state index contributed by atoms with van der Waals surface area (Å²) >= 11 is 9.84. The van der Waals surface area contributed by atoms with Crippen molar-refractivity contribution in [2.45, 2.75) is 43.2 Å². The fourth-order valence-corrected chi connectivity index (χ4v) is 7.28. The molecule has 2 heterocycles. The zero-order valence-electron chi connectivity index (χ0n) is 11.5. The lowest BCUT2D eigenvalue weighted by molar-refractivity contribution is 0.497. The third-order valence-corrected chi connectivity index (χ3v) is 8.52. The van der Waals surface area contributed by atoms with Crippen LogP contribution in [0.2, 0.25) is 0 Å². The molecule has 0 spiro atoms. The first-order valence-electron chi connectivity index (χ1n) is 6.96. The summed E-state index contributed by atoms with van der Waals surface area (Å²) < 4.78 is 1.28. The second-order valence-corrected chi connectivity index (χ2v) is 8.99. The van der Waals surface area contributed by atoms with Gasteiger partial charge in [-0.2, -0.15) is 34.9 Å². The summed E-state index contributed by atoms with van der Waals surface area (Å²) in [5.41, 5.74) is 1.46. The molecule has 1 nitrogen and oxygen atoms in total. The van der Waals surface area contributed by atoms with E-state index in [0.717, 1.165) is 11.8 Å². The third kappa shape index (κ3) is 4.16. The molecule has 0 aromatic carbocycles. The lowest BCUT2D eigenvalue weighted by Gasteiger charge is -2.36. The van der Waals surface area contributed by atoms with Gasteiger partial charge in [-0.05, 0) is 46.3 Å². The van der Waals surface area contributed by atoms with E-state index in [9.17, 15) is 0 Å². The van der Waals surface area contributed by atoms with Crippen LogP contribution in [0, 0.1) is 0 Å². The molecular weight excluding hydrogens is 358 g/mol. The topological polar surface area (TPSA) is 12.0 Å². The van der Waals surface area contributed by atoms with E-state index in [1.165, 1.54) is 34.4 Å². The van der Waals surface area contributed by atoms with Crippen LogP contribution in [0.15, 0.2) is 15.2 Å². The lowest BCUT2D eigenvalue weighted by Crippen LogP contribution is -2.39. The molecule has 3 atom stereocenters. The Balaban J connectivity index is 2.18. The first-order valence-corrected chi connectivity index (χ1v) is 10.8. The molecule has 1 aliphatic rings. The molecule has 3 unspecified atom stereocenters. The Morgan fingerprint density at radius 3 is 2.74 bits per heavy atom. The van der Waals surface area contributed by atoms with Gasteiger partial charge in [-0.3, -0.25) is 0 Å². The number of halogens is 1. The molecule has 2 rings (SSSR count). The smallest absolute Gasteiger partial charge is 0.0471 e. The van der Waals surface area contributed by atoms with Crippen molar-refractivity contribution in [2.24, 2.45) is 0 Å². The summed E-state index contributed by atoms with van der Waals surface area (Å²) in [6.45, 7) is 5.67. The Bertz CT molecular complexity index is 383. The molecule has 0 amide bonds. The number of nitrogens with one attached hydrogen (secondary N) is 1. The molecule has 1 aromatic rings. The van der Waals surface area contributed by atoms with Gasteiger partial charge >= 0.3 is 0 Å². The standard InChI is InChI=1S/C14H22BrNS3/c1-3-5-16-13(10-8-17-9-11(10)15)14-12(4-2)18-6-7-19-14/h8-9,12-14,16H,3-7H2,1-2H3. The van der Waals surface area contributed by atoms with Crippen LogP contribution in [0.25, 0.3) is 0 Å². The second kappa shape index (κ2) is 8.32. The zero-order valence-corrected chi connectivity index (χ0v) is 15.6. The predicted molar refractivity (Wildman–Crippen MR) is 95.8 cm³/mol. The second-order valence-electron chi connectivity index (χ2n) is 4.76. The summed E-state index contributed by atoms with van der Waals surface area (Å²) in [4.78, 5) is 0. The van der Waals surface area contributed by atoms with Gasteiger partial charge in [0.2, 0.25) is 0 Å². The Morgan fingerprint density at radius 1 is 1.32 bits per heavy atom. The maximum Gasteiger partial charge on any atom is 0.0471 e. The van der Waals surface area contributed by atoms with Crippen molar-refractivity contribution in [3.63, 3.8) is 0 Å². The van der Waals surface area contributed by atoms with Crippen molar-refractivity contribution < 1.29 is 0 Å². The number of rotatable bonds is 6. The van der Waals surface area contributed by atoms with Crippen molar-refractivity contribution in [3.8, 4) is 0 Å². The molecule has 1 N–H and O–H groups in total. The number of hydrogen-bond donors (Lipinski definition) is 1. The molecule has 0 bridgehead atoms. The third-order valence-electron chi connectivity index (χ3n) is 3.41. The highest BCUT2D eigenvalue weighted by molar-refractivity contribution is 9.10. The van der Waals surface area contributed by atoms with Crippen molar-refractivity contribution in [3.05, 3.63) is 20.8 Å². The average Bonchev–Trinajstić information content (AvgIpc) is 2.86. The maximum absolute atomic E-state index is 3.79. The first-order chi connectivity index (χ1) is 9.27. The van der Waals surface area contributed by atoms with Crippen LogP contribution in [-0.2, 0) is 0 Å². The summed E-state index contributed by atoms with van der Waals surface area (Å²) in [6.07, 6.45) is 2.47. The van der Waals surface area contributed by atoms with Gasteiger partial charge in [-0.25, -0.2) is 0 Å². The zero-order chi connectivity index (χ0) is 13.7. The van der Waals surface area contributed by atoms with Crippen molar-refractivity contribution >= 4 is 50.8 Å². The molecule has 0 radical (unpaired) electrons. The Labute approximate surface area is 137 Å². The van der Waals surface area contributed by atoms with E-state index < -0.39 is 0 Å². The van der Waals surface area contributed by atoms with Gasteiger partial charge in [0.1, 0.15) is 0 Å². The maximum atomic E-state index is 3.79. The van der Waals surface area contributed by atoms with E-state index in [4.69, 9.17) is 0 Å². The van der Waals surface area contributed by atoms with Crippen LogP contribution in [0.3, 0.4) is 0 Å². The molecule has 1 aliphatic heterocycles. The normalized spacial score (nSPS) is 25.4. The number of thioether (sulfide) groups is 2. The fraction of sp³-hybridized carbons (Fsp3) is 0.714. The molecule has 108 valence electrons. The largest absolute Gasteiger partial charge is 0.309 e. The highest BCUT2D eigenvalue weighted by atomic mass is 79.9. The van der Waals surface area contributed by atoms with Crippen LogP contribution >= 0.6 is 50.8 Å². The molecule has 1 saturated heterocycles. The SMILES string of the molecule is CCCNC(c1cscc1Br)C1SCCSC1CC. The van der Waals surface area contributed by atoms with Crippen molar-refractivity contribution in [1.82, 2.24) is 5.32 Å². The van der Waals surface area contributed by atoms with Gasteiger partial charge in [0.25, 0.3) is 0 Å². The molecule has 0 saturated carbocycles. The minimum absolute atomic E-state index is 0.489. The average molecular weight is 380 g/mol. The summed E-state index contributed by atoms with van der Waals surface area (Å²) in [5.74, 6) is 2.60. The van der Waals surface area contributed by atoms with Crippen molar-refractivity contribution in [1.29, 1.82) is 0 Å². The summed E-state index contributed by atoms with van der Waals surface area (Å²) in [7, 11) is 0. The van der Waals surface area contributed by atoms with Crippen molar-refractivity contribution in [2.75, 3.05) is 18.1 Å². The van der Waals surface area contributed by atoms with E-state index in [1.807, 2.05) is 0 Å². The summed E-state index contributed by atoms with van der Waals surface area (Å²) in [5, 5.41) is 9.78. The summed E-state index contributed by atoms with van der Waals surface area (Å²) in [6, 6.07) is 0.489. The van der Waals surface area contributed by atoms with Crippen LogP contribution in [0.4, 0.5) is 0 Å².